The Labute approximate surface area is 88.7 Å². The zero-order valence-corrected chi connectivity index (χ0v) is 9.13. The molecule has 14 heavy (non-hydrogen) atoms. The van der Waals surface area contributed by atoms with E-state index >= 15 is 0 Å². The molecule has 0 aromatic carbocycles. The van der Waals surface area contributed by atoms with Crippen molar-refractivity contribution in [1.29, 1.82) is 0 Å². The van der Waals surface area contributed by atoms with Gasteiger partial charge in [0.25, 0.3) is 0 Å². The number of aromatic nitrogens is 1. The van der Waals surface area contributed by atoms with Gasteiger partial charge in [0, 0.05) is 30.3 Å². The van der Waals surface area contributed by atoms with E-state index in [2.05, 4.69) is 16.8 Å². The molecule has 0 radical (unpaired) electrons. The lowest BCUT2D eigenvalue weighted by atomic mass is 10.2. The number of nitrogen functional groups attached to an aromatic ring is 1. The third kappa shape index (κ3) is 1.80. The Hall–Kier alpha value is -0.900. The van der Waals surface area contributed by atoms with Crippen LogP contribution in [0.4, 0.5) is 11.4 Å². The van der Waals surface area contributed by atoms with Crippen LogP contribution < -0.4 is 10.6 Å². The Morgan fingerprint density at radius 2 is 2.50 bits per heavy atom. The van der Waals surface area contributed by atoms with E-state index in [0.29, 0.717) is 6.04 Å². The molecule has 76 valence electrons. The third-order valence-corrected chi connectivity index (χ3v) is 3.69. The number of thioether (sulfide) groups is 1. The summed E-state index contributed by atoms with van der Waals surface area (Å²) in [5.41, 5.74) is 7.82. The minimum atomic E-state index is 0.568. The fourth-order valence-electron chi connectivity index (χ4n) is 1.75. The van der Waals surface area contributed by atoms with Crippen LogP contribution in [-0.4, -0.2) is 29.1 Å². The molecule has 1 unspecified atom stereocenters. The molecule has 2 heterocycles. The maximum absolute atomic E-state index is 5.90. The third-order valence-electron chi connectivity index (χ3n) is 2.50. The minimum Gasteiger partial charge on any atom is -0.396 e. The van der Waals surface area contributed by atoms with E-state index in [1.807, 2.05) is 17.8 Å². The minimum absolute atomic E-state index is 0.568. The largest absolute Gasteiger partial charge is 0.396 e. The molecule has 0 amide bonds. The van der Waals surface area contributed by atoms with Crippen molar-refractivity contribution < 1.29 is 0 Å². The normalized spacial score (nSPS) is 22.4. The molecule has 2 rings (SSSR count). The number of hydrogen-bond donors (Lipinski definition) is 1. The summed E-state index contributed by atoms with van der Waals surface area (Å²) in [7, 11) is 0. The molecule has 0 spiro atoms. The van der Waals surface area contributed by atoms with Crippen LogP contribution in [0.1, 0.15) is 6.92 Å². The molecule has 1 saturated heterocycles. The number of pyridine rings is 1. The Balaban J connectivity index is 2.25. The lowest BCUT2D eigenvalue weighted by Crippen LogP contribution is -2.40. The van der Waals surface area contributed by atoms with Gasteiger partial charge in [-0.2, -0.15) is 11.8 Å². The maximum Gasteiger partial charge on any atom is 0.0738 e. The molecule has 4 heteroatoms. The van der Waals surface area contributed by atoms with Crippen molar-refractivity contribution in [2.24, 2.45) is 0 Å². The first-order chi connectivity index (χ1) is 6.79. The lowest BCUT2D eigenvalue weighted by Gasteiger charge is -2.35. The molecular formula is C10H15N3S. The Bertz CT molecular complexity index is 316. The smallest absolute Gasteiger partial charge is 0.0738 e. The molecule has 1 aliphatic rings. The predicted molar refractivity (Wildman–Crippen MR) is 62.8 cm³/mol. The molecule has 3 nitrogen and oxygen atoms in total. The van der Waals surface area contributed by atoms with Crippen LogP contribution in [0.25, 0.3) is 0 Å². The summed E-state index contributed by atoms with van der Waals surface area (Å²) in [6.45, 7) is 3.33. The topological polar surface area (TPSA) is 42.2 Å². The zero-order valence-electron chi connectivity index (χ0n) is 8.31. The van der Waals surface area contributed by atoms with Gasteiger partial charge in [0.1, 0.15) is 0 Å². The van der Waals surface area contributed by atoms with Crippen molar-refractivity contribution in [3.63, 3.8) is 0 Å². The lowest BCUT2D eigenvalue weighted by molar-refractivity contribution is 0.700. The van der Waals surface area contributed by atoms with Gasteiger partial charge < -0.3 is 10.6 Å². The Morgan fingerprint density at radius 3 is 3.21 bits per heavy atom. The highest BCUT2D eigenvalue weighted by Crippen LogP contribution is 2.27. The van der Waals surface area contributed by atoms with Crippen molar-refractivity contribution in [2.45, 2.75) is 13.0 Å². The van der Waals surface area contributed by atoms with Gasteiger partial charge in [-0.05, 0) is 13.0 Å². The van der Waals surface area contributed by atoms with Crippen LogP contribution in [-0.2, 0) is 0 Å². The highest BCUT2D eigenvalue weighted by Gasteiger charge is 2.20. The number of nitrogens with zero attached hydrogens (tertiary/aromatic N) is 2. The Morgan fingerprint density at radius 1 is 1.64 bits per heavy atom. The van der Waals surface area contributed by atoms with Gasteiger partial charge in [-0.25, -0.2) is 0 Å². The van der Waals surface area contributed by atoms with E-state index in [-0.39, 0.29) is 0 Å². The second-order valence-corrected chi connectivity index (χ2v) is 4.70. The van der Waals surface area contributed by atoms with Gasteiger partial charge in [-0.15, -0.1) is 0 Å². The van der Waals surface area contributed by atoms with Crippen molar-refractivity contribution >= 4 is 23.1 Å². The van der Waals surface area contributed by atoms with Gasteiger partial charge in [0.05, 0.1) is 17.6 Å². The average Bonchev–Trinajstić information content (AvgIpc) is 2.20. The standard InChI is InChI=1S/C10H15N3S/c1-8-7-14-5-4-13(8)10-2-3-12-6-9(10)11/h2-3,6,8H,4-5,7,11H2,1H3. The Kier molecular flexibility index (Phi) is 2.82. The number of rotatable bonds is 1. The molecule has 0 aliphatic carbocycles. The van der Waals surface area contributed by atoms with E-state index < -0.39 is 0 Å². The first-order valence-electron chi connectivity index (χ1n) is 4.83. The number of nitrogens with two attached hydrogens (primary N) is 1. The summed E-state index contributed by atoms with van der Waals surface area (Å²) in [5.74, 6) is 2.37. The fourth-order valence-corrected chi connectivity index (χ4v) is 2.76. The van der Waals surface area contributed by atoms with Gasteiger partial charge >= 0.3 is 0 Å². The monoisotopic (exact) mass is 209 g/mol. The van der Waals surface area contributed by atoms with Crippen LogP contribution in [0, 0.1) is 0 Å². The van der Waals surface area contributed by atoms with Gasteiger partial charge in [0.2, 0.25) is 0 Å². The molecule has 0 bridgehead atoms. The molecule has 1 fully saturated rings. The van der Waals surface area contributed by atoms with Crippen molar-refractivity contribution in [3.05, 3.63) is 18.5 Å². The summed E-state index contributed by atoms with van der Waals surface area (Å²) in [6, 6.07) is 2.57. The molecule has 1 aromatic rings. The van der Waals surface area contributed by atoms with E-state index in [1.54, 1.807) is 12.4 Å². The number of anilines is 2. The summed E-state index contributed by atoms with van der Waals surface area (Å²) in [4.78, 5) is 6.38. The average molecular weight is 209 g/mol. The van der Waals surface area contributed by atoms with Crippen molar-refractivity contribution in [3.8, 4) is 0 Å². The summed E-state index contributed by atoms with van der Waals surface area (Å²) >= 11 is 2.01. The molecular weight excluding hydrogens is 194 g/mol. The van der Waals surface area contributed by atoms with Crippen molar-refractivity contribution in [2.75, 3.05) is 28.7 Å². The molecule has 0 saturated carbocycles. The highest BCUT2D eigenvalue weighted by molar-refractivity contribution is 7.99. The molecule has 2 N–H and O–H groups in total. The van der Waals surface area contributed by atoms with E-state index in [1.165, 1.54) is 11.5 Å². The van der Waals surface area contributed by atoms with Gasteiger partial charge in [-0.1, -0.05) is 0 Å². The fraction of sp³-hybridized carbons (Fsp3) is 0.500. The van der Waals surface area contributed by atoms with E-state index in [4.69, 9.17) is 5.73 Å². The van der Waals surface area contributed by atoms with E-state index in [9.17, 15) is 0 Å². The van der Waals surface area contributed by atoms with Crippen molar-refractivity contribution in [1.82, 2.24) is 4.98 Å². The molecule has 1 aromatic heterocycles. The van der Waals surface area contributed by atoms with Crippen LogP contribution in [0.3, 0.4) is 0 Å². The van der Waals surface area contributed by atoms with Gasteiger partial charge in [-0.3, -0.25) is 4.98 Å². The van der Waals surface area contributed by atoms with Crippen LogP contribution in [0.15, 0.2) is 18.5 Å². The highest BCUT2D eigenvalue weighted by atomic mass is 32.2. The predicted octanol–water partition coefficient (Wildman–Crippen LogP) is 1.61. The van der Waals surface area contributed by atoms with Crippen LogP contribution >= 0.6 is 11.8 Å². The van der Waals surface area contributed by atoms with E-state index in [0.717, 1.165) is 17.9 Å². The van der Waals surface area contributed by atoms with Crippen LogP contribution in [0.5, 0.6) is 0 Å². The summed E-state index contributed by atoms with van der Waals surface area (Å²) in [5, 5.41) is 0. The first-order valence-corrected chi connectivity index (χ1v) is 5.98. The quantitative estimate of drug-likeness (QED) is 0.763. The van der Waals surface area contributed by atoms with Gasteiger partial charge in [0.15, 0.2) is 0 Å². The second kappa shape index (κ2) is 4.09. The molecule has 1 atom stereocenters. The first kappa shape index (κ1) is 9.65. The number of hydrogen-bond acceptors (Lipinski definition) is 4. The second-order valence-electron chi connectivity index (χ2n) is 3.55. The zero-order chi connectivity index (χ0) is 9.97. The van der Waals surface area contributed by atoms with Crippen LogP contribution in [0.2, 0.25) is 0 Å². The summed E-state index contributed by atoms with van der Waals surface area (Å²) in [6.07, 6.45) is 3.53. The molecule has 1 aliphatic heterocycles. The SMILES string of the molecule is CC1CSCCN1c1ccncc1N. The maximum atomic E-state index is 5.90. The summed E-state index contributed by atoms with van der Waals surface area (Å²) < 4.78 is 0.